The van der Waals surface area contributed by atoms with Gasteiger partial charge in [0.2, 0.25) is 5.91 Å². The third-order valence-corrected chi connectivity index (χ3v) is 5.33. The van der Waals surface area contributed by atoms with E-state index in [1.807, 2.05) is 42.5 Å². The molecule has 1 amide bonds. The molecule has 1 unspecified atom stereocenters. The first-order valence-electron chi connectivity index (χ1n) is 8.06. The van der Waals surface area contributed by atoms with Crippen LogP contribution < -0.4 is 5.32 Å². The fourth-order valence-electron chi connectivity index (χ4n) is 3.86. The summed E-state index contributed by atoms with van der Waals surface area (Å²) < 4.78 is 0. The molecule has 1 spiro atoms. The molecule has 23 heavy (non-hydrogen) atoms. The van der Waals surface area contributed by atoms with Crippen molar-refractivity contribution in [3.63, 3.8) is 0 Å². The van der Waals surface area contributed by atoms with Gasteiger partial charge < -0.3 is 5.32 Å². The summed E-state index contributed by atoms with van der Waals surface area (Å²) in [5.41, 5.74) is 2.98. The van der Waals surface area contributed by atoms with Gasteiger partial charge in [0.05, 0.1) is 0 Å². The van der Waals surface area contributed by atoms with Crippen LogP contribution in [0.2, 0.25) is 5.02 Å². The molecule has 0 aliphatic carbocycles. The Labute approximate surface area is 141 Å². The van der Waals surface area contributed by atoms with Crippen molar-refractivity contribution < 1.29 is 4.79 Å². The maximum Gasteiger partial charge on any atom is 0.245 e. The Hall–Kier alpha value is -1.84. The van der Waals surface area contributed by atoms with Crippen molar-refractivity contribution in [2.75, 3.05) is 11.9 Å². The number of carbonyl (C=O) groups excluding carboxylic acids is 1. The zero-order chi connectivity index (χ0) is 15.9. The molecule has 2 aromatic carbocycles. The summed E-state index contributed by atoms with van der Waals surface area (Å²) in [6, 6.07) is 16.0. The molecule has 4 rings (SSSR count). The second kappa shape index (κ2) is 5.66. The van der Waals surface area contributed by atoms with Crippen molar-refractivity contribution in [1.29, 1.82) is 0 Å². The number of carbonyl (C=O) groups is 1. The number of rotatable bonds is 2. The monoisotopic (exact) mass is 326 g/mol. The number of benzene rings is 2. The molecular weight excluding hydrogens is 308 g/mol. The number of hydrogen-bond acceptors (Lipinski definition) is 2. The number of para-hydroxylation sites is 1. The molecule has 118 valence electrons. The van der Waals surface area contributed by atoms with Crippen molar-refractivity contribution in [2.45, 2.75) is 31.3 Å². The predicted molar refractivity (Wildman–Crippen MR) is 92.6 cm³/mol. The van der Waals surface area contributed by atoms with E-state index in [0.29, 0.717) is 0 Å². The number of amides is 1. The zero-order valence-corrected chi connectivity index (χ0v) is 13.6. The SMILES string of the molecule is O=C1Nc2ccccc2CC12CCCN2Cc1ccc(Cl)cc1. The van der Waals surface area contributed by atoms with Crippen molar-refractivity contribution in [3.8, 4) is 0 Å². The molecule has 1 fully saturated rings. The maximum atomic E-state index is 12.9. The molecule has 0 aromatic heterocycles. The second-order valence-corrected chi connectivity index (χ2v) is 6.91. The third-order valence-electron chi connectivity index (χ3n) is 5.08. The van der Waals surface area contributed by atoms with E-state index in [-0.39, 0.29) is 5.91 Å². The van der Waals surface area contributed by atoms with Gasteiger partial charge in [0, 0.05) is 23.7 Å². The first-order chi connectivity index (χ1) is 11.2. The summed E-state index contributed by atoms with van der Waals surface area (Å²) >= 11 is 5.97. The minimum atomic E-state index is -0.409. The minimum Gasteiger partial charge on any atom is -0.324 e. The second-order valence-electron chi connectivity index (χ2n) is 6.47. The number of fused-ring (bicyclic) bond motifs is 1. The molecule has 2 aromatic rings. The molecule has 0 bridgehead atoms. The molecule has 3 nitrogen and oxygen atoms in total. The Bertz CT molecular complexity index is 743. The van der Waals surface area contributed by atoms with Crippen LogP contribution in [0.25, 0.3) is 0 Å². The Morgan fingerprint density at radius 2 is 1.91 bits per heavy atom. The van der Waals surface area contributed by atoms with E-state index in [4.69, 9.17) is 11.6 Å². The van der Waals surface area contributed by atoms with Crippen LogP contribution in [0, 0.1) is 0 Å². The van der Waals surface area contributed by atoms with Gasteiger partial charge in [-0.1, -0.05) is 41.9 Å². The van der Waals surface area contributed by atoms with E-state index in [1.165, 1.54) is 11.1 Å². The molecule has 2 aliphatic heterocycles. The van der Waals surface area contributed by atoms with Gasteiger partial charge in [0.15, 0.2) is 0 Å². The number of anilines is 1. The van der Waals surface area contributed by atoms with Crippen molar-refractivity contribution >= 4 is 23.2 Å². The van der Waals surface area contributed by atoms with E-state index < -0.39 is 5.54 Å². The fourth-order valence-corrected chi connectivity index (χ4v) is 3.99. The highest BCUT2D eigenvalue weighted by atomic mass is 35.5. The van der Waals surface area contributed by atoms with E-state index in [2.05, 4.69) is 16.3 Å². The van der Waals surface area contributed by atoms with E-state index >= 15 is 0 Å². The normalized spacial score (nSPS) is 23.8. The van der Waals surface area contributed by atoms with E-state index in [1.54, 1.807) is 0 Å². The van der Waals surface area contributed by atoms with Gasteiger partial charge in [-0.2, -0.15) is 0 Å². The van der Waals surface area contributed by atoms with Crippen LogP contribution in [0.4, 0.5) is 5.69 Å². The lowest BCUT2D eigenvalue weighted by molar-refractivity contribution is -0.127. The molecule has 1 N–H and O–H groups in total. The predicted octanol–water partition coefficient (Wildman–Crippen LogP) is 3.87. The summed E-state index contributed by atoms with van der Waals surface area (Å²) in [5, 5.41) is 3.86. The first kappa shape index (κ1) is 14.7. The Morgan fingerprint density at radius 3 is 2.74 bits per heavy atom. The molecule has 0 radical (unpaired) electrons. The highest BCUT2D eigenvalue weighted by molar-refractivity contribution is 6.30. The van der Waals surface area contributed by atoms with Crippen molar-refractivity contribution in [3.05, 3.63) is 64.7 Å². The summed E-state index contributed by atoms with van der Waals surface area (Å²) in [6.45, 7) is 1.74. The third kappa shape index (κ3) is 2.54. The van der Waals surface area contributed by atoms with Gasteiger partial charge in [-0.15, -0.1) is 0 Å². The van der Waals surface area contributed by atoms with Crippen LogP contribution in [0.3, 0.4) is 0 Å². The average molecular weight is 327 g/mol. The number of hydrogen-bond donors (Lipinski definition) is 1. The minimum absolute atomic E-state index is 0.141. The van der Waals surface area contributed by atoms with Crippen LogP contribution in [-0.2, 0) is 17.8 Å². The van der Waals surface area contributed by atoms with Crippen LogP contribution in [0.15, 0.2) is 48.5 Å². The summed E-state index contributed by atoms with van der Waals surface area (Å²) in [6.07, 6.45) is 2.77. The molecule has 2 heterocycles. The standard InChI is InChI=1S/C19H19ClN2O/c20-16-8-6-14(7-9-16)13-22-11-3-10-19(22)12-15-4-1-2-5-17(15)21-18(19)23/h1-2,4-9H,3,10-13H2,(H,21,23). The van der Waals surface area contributed by atoms with Gasteiger partial charge in [-0.25, -0.2) is 0 Å². The van der Waals surface area contributed by atoms with Crippen LogP contribution >= 0.6 is 11.6 Å². The summed E-state index contributed by atoms with van der Waals surface area (Å²) in [5.74, 6) is 0.141. The number of nitrogens with one attached hydrogen (secondary N) is 1. The van der Waals surface area contributed by atoms with Gasteiger partial charge in [0.1, 0.15) is 5.54 Å². The Kier molecular flexibility index (Phi) is 3.63. The number of likely N-dealkylation sites (tertiary alicyclic amines) is 1. The van der Waals surface area contributed by atoms with Crippen LogP contribution in [0.5, 0.6) is 0 Å². The fraction of sp³-hybridized carbons (Fsp3) is 0.316. The lowest BCUT2D eigenvalue weighted by Crippen LogP contribution is -2.56. The van der Waals surface area contributed by atoms with Gasteiger partial charge >= 0.3 is 0 Å². The Balaban J connectivity index is 1.64. The number of halogens is 1. The molecule has 2 aliphatic rings. The van der Waals surface area contributed by atoms with E-state index in [0.717, 1.165) is 43.1 Å². The smallest absolute Gasteiger partial charge is 0.245 e. The summed E-state index contributed by atoms with van der Waals surface area (Å²) in [7, 11) is 0. The molecule has 1 saturated heterocycles. The van der Waals surface area contributed by atoms with Crippen molar-refractivity contribution in [2.24, 2.45) is 0 Å². The topological polar surface area (TPSA) is 32.3 Å². The average Bonchev–Trinajstić information content (AvgIpc) is 2.94. The molecular formula is C19H19ClN2O. The van der Waals surface area contributed by atoms with Gasteiger partial charge in [0.25, 0.3) is 0 Å². The highest BCUT2D eigenvalue weighted by Crippen LogP contribution is 2.39. The highest BCUT2D eigenvalue weighted by Gasteiger charge is 2.49. The number of nitrogens with zero attached hydrogens (tertiary/aromatic N) is 1. The van der Waals surface area contributed by atoms with Gasteiger partial charge in [-0.05, 0) is 48.7 Å². The summed E-state index contributed by atoms with van der Waals surface area (Å²) in [4.78, 5) is 15.2. The lowest BCUT2D eigenvalue weighted by atomic mass is 9.83. The molecule has 1 atom stereocenters. The molecule has 4 heteroatoms. The largest absolute Gasteiger partial charge is 0.324 e. The lowest BCUT2D eigenvalue weighted by Gasteiger charge is -2.41. The van der Waals surface area contributed by atoms with Crippen molar-refractivity contribution in [1.82, 2.24) is 4.90 Å². The Morgan fingerprint density at radius 1 is 1.13 bits per heavy atom. The quantitative estimate of drug-likeness (QED) is 0.908. The first-order valence-corrected chi connectivity index (χ1v) is 8.44. The van der Waals surface area contributed by atoms with Gasteiger partial charge in [-0.3, -0.25) is 9.69 Å². The zero-order valence-electron chi connectivity index (χ0n) is 12.9. The maximum absolute atomic E-state index is 12.9. The molecule has 0 saturated carbocycles. The van der Waals surface area contributed by atoms with E-state index in [9.17, 15) is 4.79 Å². The van der Waals surface area contributed by atoms with Crippen LogP contribution in [-0.4, -0.2) is 22.9 Å². The van der Waals surface area contributed by atoms with Crippen LogP contribution in [0.1, 0.15) is 24.0 Å².